The van der Waals surface area contributed by atoms with Crippen molar-refractivity contribution in [3.63, 3.8) is 0 Å². The number of thioether (sulfide) groups is 1. The molecule has 2 rings (SSSR count). The van der Waals surface area contributed by atoms with Gasteiger partial charge in [-0.15, -0.1) is 0 Å². The zero-order chi connectivity index (χ0) is 13.6. The summed E-state index contributed by atoms with van der Waals surface area (Å²) in [6.07, 6.45) is 2.58. The molecule has 2 aliphatic rings. The van der Waals surface area contributed by atoms with Gasteiger partial charge in [-0.3, -0.25) is 4.90 Å². The zero-order valence-corrected chi connectivity index (χ0v) is 13.5. The maximum Gasteiger partial charge on any atom is 0.0363 e. The molecule has 1 saturated carbocycles. The molecule has 1 saturated heterocycles. The molecule has 1 heterocycles. The van der Waals surface area contributed by atoms with Crippen LogP contribution in [0.1, 0.15) is 47.5 Å². The molecule has 2 fully saturated rings. The van der Waals surface area contributed by atoms with Gasteiger partial charge in [0.2, 0.25) is 0 Å². The summed E-state index contributed by atoms with van der Waals surface area (Å²) in [4.78, 5) is 2.73. The van der Waals surface area contributed by atoms with Crippen molar-refractivity contribution >= 4 is 11.8 Å². The van der Waals surface area contributed by atoms with Crippen LogP contribution in [0.25, 0.3) is 0 Å². The van der Waals surface area contributed by atoms with Crippen LogP contribution in [0.2, 0.25) is 0 Å². The lowest BCUT2D eigenvalue weighted by Gasteiger charge is -2.49. The van der Waals surface area contributed by atoms with Gasteiger partial charge in [-0.25, -0.2) is 0 Å². The fraction of sp³-hybridized carbons (Fsp3) is 1.00. The predicted molar refractivity (Wildman–Crippen MR) is 82.1 cm³/mol. The van der Waals surface area contributed by atoms with E-state index in [0.29, 0.717) is 5.41 Å². The predicted octanol–water partition coefficient (Wildman–Crippen LogP) is 2.97. The van der Waals surface area contributed by atoms with Crippen LogP contribution in [0.3, 0.4) is 0 Å². The van der Waals surface area contributed by atoms with Crippen LogP contribution in [-0.4, -0.2) is 40.6 Å². The van der Waals surface area contributed by atoms with Crippen molar-refractivity contribution in [2.45, 2.75) is 63.5 Å². The lowest BCUT2D eigenvalue weighted by Crippen LogP contribution is -2.60. The number of rotatable bonds is 2. The van der Waals surface area contributed by atoms with Gasteiger partial charge in [-0.05, 0) is 24.2 Å². The Hall–Kier alpha value is 0.270. The van der Waals surface area contributed by atoms with E-state index < -0.39 is 0 Å². The van der Waals surface area contributed by atoms with E-state index in [1.807, 2.05) is 0 Å². The first-order chi connectivity index (χ1) is 8.29. The van der Waals surface area contributed by atoms with Crippen LogP contribution in [0, 0.1) is 11.3 Å². The second-order valence-corrected chi connectivity index (χ2v) is 9.30. The Morgan fingerprint density at radius 1 is 1.17 bits per heavy atom. The second kappa shape index (κ2) is 4.99. The minimum atomic E-state index is 0.257. The third-order valence-electron chi connectivity index (χ3n) is 4.96. The number of hydrogen-bond acceptors (Lipinski definition) is 3. The maximum absolute atomic E-state index is 6.25. The van der Waals surface area contributed by atoms with Crippen LogP contribution >= 0.6 is 11.8 Å². The van der Waals surface area contributed by atoms with Crippen molar-refractivity contribution in [3.8, 4) is 0 Å². The molecule has 0 spiro atoms. The quantitative estimate of drug-likeness (QED) is 0.836. The number of nitrogens with two attached hydrogens (primary N) is 1. The van der Waals surface area contributed by atoms with Crippen molar-refractivity contribution in [2.75, 3.05) is 19.6 Å². The van der Waals surface area contributed by atoms with Crippen molar-refractivity contribution in [1.82, 2.24) is 4.90 Å². The number of hydrogen-bond donors (Lipinski definition) is 1. The van der Waals surface area contributed by atoms with Crippen LogP contribution < -0.4 is 5.73 Å². The minimum Gasteiger partial charge on any atom is -0.329 e. The average molecular weight is 270 g/mol. The first-order valence-electron chi connectivity index (χ1n) is 7.40. The third-order valence-corrected chi connectivity index (χ3v) is 6.19. The molecule has 106 valence electrons. The molecule has 4 unspecified atom stereocenters. The minimum absolute atomic E-state index is 0.257. The smallest absolute Gasteiger partial charge is 0.0363 e. The largest absolute Gasteiger partial charge is 0.329 e. The van der Waals surface area contributed by atoms with E-state index in [2.05, 4.69) is 51.3 Å². The highest BCUT2D eigenvalue weighted by Gasteiger charge is 2.52. The molecule has 1 aliphatic carbocycles. The van der Waals surface area contributed by atoms with Gasteiger partial charge < -0.3 is 5.73 Å². The summed E-state index contributed by atoms with van der Waals surface area (Å²) in [6.45, 7) is 15.2. The first kappa shape index (κ1) is 14.7. The number of nitrogens with zero attached hydrogens (tertiary/aromatic N) is 1. The average Bonchev–Trinajstić information content (AvgIpc) is 2.47. The van der Waals surface area contributed by atoms with E-state index in [1.165, 1.54) is 25.9 Å². The lowest BCUT2D eigenvalue weighted by molar-refractivity contribution is 0.0573. The fourth-order valence-corrected chi connectivity index (χ4v) is 5.79. The Morgan fingerprint density at radius 3 is 2.11 bits per heavy atom. The first-order valence-corrected chi connectivity index (χ1v) is 8.34. The molecule has 4 atom stereocenters. The van der Waals surface area contributed by atoms with Crippen molar-refractivity contribution < 1.29 is 0 Å². The highest BCUT2D eigenvalue weighted by atomic mass is 32.2. The highest BCUT2D eigenvalue weighted by molar-refractivity contribution is 8.00. The zero-order valence-electron chi connectivity index (χ0n) is 12.7. The summed E-state index contributed by atoms with van der Waals surface area (Å²) in [5, 5.41) is 1.49. The van der Waals surface area contributed by atoms with Crippen LogP contribution in [0.4, 0.5) is 0 Å². The maximum atomic E-state index is 6.25. The Kier molecular flexibility index (Phi) is 4.07. The molecule has 0 aromatic carbocycles. The summed E-state index contributed by atoms with van der Waals surface area (Å²) in [6, 6.07) is 0. The summed E-state index contributed by atoms with van der Waals surface area (Å²) in [5.41, 5.74) is 6.96. The van der Waals surface area contributed by atoms with E-state index in [0.717, 1.165) is 23.0 Å². The van der Waals surface area contributed by atoms with Gasteiger partial charge in [-0.1, -0.05) is 34.6 Å². The molecule has 2 N–H and O–H groups in total. The molecule has 3 heteroatoms. The normalized spacial score (nSPS) is 45.3. The Balaban J connectivity index is 2.22. The summed E-state index contributed by atoms with van der Waals surface area (Å²) < 4.78 is 0. The van der Waals surface area contributed by atoms with Gasteiger partial charge in [0, 0.05) is 35.7 Å². The molecular formula is C15H30N2S. The van der Waals surface area contributed by atoms with E-state index in [1.54, 1.807) is 0 Å². The van der Waals surface area contributed by atoms with Crippen molar-refractivity contribution in [1.29, 1.82) is 0 Å². The monoisotopic (exact) mass is 270 g/mol. The van der Waals surface area contributed by atoms with E-state index in [9.17, 15) is 0 Å². The molecule has 0 aromatic heterocycles. The molecule has 18 heavy (non-hydrogen) atoms. The highest BCUT2D eigenvalue weighted by Crippen LogP contribution is 2.51. The second-order valence-electron chi connectivity index (χ2n) is 7.42. The van der Waals surface area contributed by atoms with E-state index in [-0.39, 0.29) is 5.54 Å². The fourth-order valence-electron chi connectivity index (χ4n) is 4.46. The van der Waals surface area contributed by atoms with Crippen molar-refractivity contribution in [2.24, 2.45) is 17.1 Å². The standard InChI is InChI=1S/C15H30N2S/c1-11-6-14(4,5)9-15(11,10-16)17-7-12(2)18-13(3)8-17/h11-13H,6-10,16H2,1-5H3. The third kappa shape index (κ3) is 2.59. The molecular weight excluding hydrogens is 240 g/mol. The van der Waals surface area contributed by atoms with Crippen LogP contribution in [0.5, 0.6) is 0 Å². The Labute approximate surface area is 117 Å². The van der Waals surface area contributed by atoms with E-state index in [4.69, 9.17) is 5.73 Å². The van der Waals surface area contributed by atoms with Crippen LogP contribution in [-0.2, 0) is 0 Å². The lowest BCUT2D eigenvalue weighted by atomic mass is 9.84. The van der Waals surface area contributed by atoms with Crippen molar-refractivity contribution in [3.05, 3.63) is 0 Å². The molecule has 0 amide bonds. The summed E-state index contributed by atoms with van der Waals surface area (Å²) in [7, 11) is 0. The molecule has 1 aliphatic heterocycles. The summed E-state index contributed by atoms with van der Waals surface area (Å²) >= 11 is 2.13. The molecule has 2 nitrogen and oxygen atoms in total. The van der Waals surface area contributed by atoms with Gasteiger partial charge in [0.1, 0.15) is 0 Å². The SMILES string of the molecule is CC1CN(C2(CN)CC(C)(C)CC2C)CC(C)S1. The van der Waals surface area contributed by atoms with Gasteiger partial charge in [0.15, 0.2) is 0 Å². The Morgan fingerprint density at radius 2 is 1.72 bits per heavy atom. The molecule has 0 aromatic rings. The topological polar surface area (TPSA) is 29.3 Å². The summed E-state index contributed by atoms with van der Waals surface area (Å²) in [5.74, 6) is 0.722. The van der Waals surface area contributed by atoms with Gasteiger partial charge in [-0.2, -0.15) is 11.8 Å². The van der Waals surface area contributed by atoms with Gasteiger partial charge >= 0.3 is 0 Å². The Bertz CT molecular complexity index is 295. The van der Waals surface area contributed by atoms with Crippen LogP contribution in [0.15, 0.2) is 0 Å². The molecule has 0 radical (unpaired) electrons. The van der Waals surface area contributed by atoms with Gasteiger partial charge in [0.25, 0.3) is 0 Å². The van der Waals surface area contributed by atoms with Gasteiger partial charge in [0.05, 0.1) is 0 Å². The van der Waals surface area contributed by atoms with E-state index >= 15 is 0 Å². The molecule has 0 bridgehead atoms.